The maximum absolute atomic E-state index is 5.68. The predicted molar refractivity (Wildman–Crippen MR) is 62.0 cm³/mol. The molecule has 2 heterocycles. The van der Waals surface area contributed by atoms with Crippen molar-refractivity contribution in [2.45, 2.75) is 6.92 Å². The second kappa shape index (κ2) is 3.45. The van der Waals surface area contributed by atoms with Gasteiger partial charge in [0.1, 0.15) is 5.52 Å². The topological polar surface area (TPSA) is 38.9 Å². The monoisotopic (exact) mass is 210 g/mol. The molecule has 0 amide bonds. The summed E-state index contributed by atoms with van der Waals surface area (Å²) in [6, 6.07) is 9.86. The first kappa shape index (κ1) is 9.09. The van der Waals surface area contributed by atoms with Crippen LogP contribution in [0.4, 0.5) is 0 Å². The van der Waals surface area contributed by atoms with E-state index in [9.17, 15) is 0 Å². The van der Waals surface area contributed by atoms with Crippen LogP contribution in [0.2, 0.25) is 0 Å². The van der Waals surface area contributed by atoms with Gasteiger partial charge in [-0.2, -0.15) is 0 Å². The Bertz CT molecular complexity index is 610. The van der Waals surface area contributed by atoms with Gasteiger partial charge in [0.25, 0.3) is 0 Å². The average molecular weight is 210 g/mol. The lowest BCUT2D eigenvalue weighted by atomic mass is 10.1. The van der Waals surface area contributed by atoms with Crippen molar-refractivity contribution < 1.29 is 4.42 Å². The molecule has 0 saturated heterocycles. The van der Waals surface area contributed by atoms with Crippen LogP contribution in [0.5, 0.6) is 0 Å². The van der Waals surface area contributed by atoms with Crippen molar-refractivity contribution in [2.24, 2.45) is 0 Å². The van der Waals surface area contributed by atoms with Crippen LogP contribution in [0.1, 0.15) is 5.56 Å². The normalized spacial score (nSPS) is 10.8. The van der Waals surface area contributed by atoms with Gasteiger partial charge in [-0.15, -0.1) is 0 Å². The Balaban J connectivity index is 2.23. The molecule has 0 N–H and O–H groups in total. The van der Waals surface area contributed by atoms with Gasteiger partial charge in [0.15, 0.2) is 5.58 Å². The molecule has 3 nitrogen and oxygen atoms in total. The van der Waals surface area contributed by atoms with Crippen molar-refractivity contribution in [3.63, 3.8) is 0 Å². The van der Waals surface area contributed by atoms with Crippen molar-refractivity contribution >= 4 is 11.1 Å². The van der Waals surface area contributed by atoms with E-state index in [4.69, 9.17) is 4.42 Å². The number of nitrogens with zero attached hydrogens (tertiary/aromatic N) is 2. The van der Waals surface area contributed by atoms with E-state index in [1.54, 1.807) is 12.4 Å². The number of rotatable bonds is 1. The van der Waals surface area contributed by atoms with Crippen LogP contribution in [-0.2, 0) is 0 Å². The van der Waals surface area contributed by atoms with Crippen LogP contribution in [-0.4, -0.2) is 9.97 Å². The Morgan fingerprint density at radius 2 is 2.00 bits per heavy atom. The van der Waals surface area contributed by atoms with Crippen molar-refractivity contribution in [3.05, 3.63) is 48.3 Å². The summed E-state index contributed by atoms with van der Waals surface area (Å²) >= 11 is 0. The zero-order valence-electron chi connectivity index (χ0n) is 8.84. The number of aromatic nitrogens is 2. The Morgan fingerprint density at radius 3 is 2.81 bits per heavy atom. The molecular weight excluding hydrogens is 200 g/mol. The van der Waals surface area contributed by atoms with E-state index in [-0.39, 0.29) is 0 Å². The van der Waals surface area contributed by atoms with E-state index < -0.39 is 0 Å². The largest absolute Gasteiger partial charge is 0.436 e. The fourth-order valence-electron chi connectivity index (χ4n) is 1.71. The second-order valence-corrected chi connectivity index (χ2v) is 3.68. The van der Waals surface area contributed by atoms with Gasteiger partial charge in [-0.05, 0) is 18.6 Å². The highest BCUT2D eigenvalue weighted by molar-refractivity contribution is 5.75. The molecule has 2 aromatic heterocycles. The van der Waals surface area contributed by atoms with E-state index in [0.717, 1.165) is 22.2 Å². The lowest BCUT2D eigenvalue weighted by Crippen LogP contribution is -1.81. The maximum Gasteiger partial charge on any atom is 0.227 e. The van der Waals surface area contributed by atoms with Gasteiger partial charge in [0, 0.05) is 17.8 Å². The van der Waals surface area contributed by atoms with Crippen LogP contribution in [0, 0.1) is 6.92 Å². The number of hydrogen-bond donors (Lipinski definition) is 0. The molecule has 3 aromatic rings. The highest BCUT2D eigenvalue weighted by Gasteiger charge is 2.09. The molecule has 0 fully saturated rings. The minimum atomic E-state index is 0.654. The fourth-order valence-corrected chi connectivity index (χ4v) is 1.71. The van der Waals surface area contributed by atoms with Crippen LogP contribution < -0.4 is 0 Å². The summed E-state index contributed by atoms with van der Waals surface area (Å²) in [5, 5.41) is 0. The van der Waals surface area contributed by atoms with E-state index in [2.05, 4.69) is 9.97 Å². The summed E-state index contributed by atoms with van der Waals surface area (Å²) in [6.45, 7) is 2.04. The second-order valence-electron chi connectivity index (χ2n) is 3.68. The molecule has 0 aliphatic carbocycles. The number of benzene rings is 1. The van der Waals surface area contributed by atoms with Gasteiger partial charge in [-0.25, -0.2) is 4.98 Å². The Labute approximate surface area is 92.8 Å². The molecule has 0 spiro atoms. The zero-order valence-corrected chi connectivity index (χ0v) is 8.84. The number of aryl methyl sites for hydroxylation is 1. The molecule has 0 unspecified atom stereocenters. The number of oxazole rings is 1. The minimum Gasteiger partial charge on any atom is -0.436 e. The quantitative estimate of drug-likeness (QED) is 0.619. The summed E-state index contributed by atoms with van der Waals surface area (Å²) in [6.07, 6.45) is 3.41. The van der Waals surface area contributed by atoms with E-state index in [1.807, 2.05) is 37.3 Å². The smallest absolute Gasteiger partial charge is 0.227 e. The van der Waals surface area contributed by atoms with Crippen LogP contribution in [0.15, 0.2) is 47.1 Å². The molecule has 0 aliphatic heterocycles. The van der Waals surface area contributed by atoms with Crippen molar-refractivity contribution in [1.29, 1.82) is 0 Å². The molecule has 0 aliphatic rings. The summed E-state index contributed by atoms with van der Waals surface area (Å²) < 4.78 is 5.68. The summed E-state index contributed by atoms with van der Waals surface area (Å²) in [5.41, 5.74) is 3.75. The van der Waals surface area contributed by atoms with Gasteiger partial charge >= 0.3 is 0 Å². The van der Waals surface area contributed by atoms with Crippen molar-refractivity contribution in [3.8, 4) is 11.5 Å². The van der Waals surface area contributed by atoms with Crippen LogP contribution in [0.3, 0.4) is 0 Å². The molecule has 3 rings (SSSR count). The van der Waals surface area contributed by atoms with Crippen LogP contribution >= 0.6 is 0 Å². The summed E-state index contributed by atoms with van der Waals surface area (Å²) in [5.74, 6) is 0.654. The molecule has 3 heteroatoms. The first-order valence-corrected chi connectivity index (χ1v) is 5.11. The molecule has 0 radical (unpaired) electrons. The third kappa shape index (κ3) is 1.37. The Kier molecular flexibility index (Phi) is 1.96. The summed E-state index contributed by atoms with van der Waals surface area (Å²) in [7, 11) is 0. The third-order valence-electron chi connectivity index (χ3n) is 2.57. The molecular formula is C13H10N2O. The number of hydrogen-bond acceptors (Lipinski definition) is 3. The SMILES string of the molecule is Cc1ccccc1-c1nc2cnccc2o1. The molecule has 1 aromatic carbocycles. The lowest BCUT2D eigenvalue weighted by Gasteiger charge is -1.98. The minimum absolute atomic E-state index is 0.654. The van der Waals surface area contributed by atoms with Crippen molar-refractivity contribution in [1.82, 2.24) is 9.97 Å². The van der Waals surface area contributed by atoms with Gasteiger partial charge in [-0.3, -0.25) is 4.98 Å². The van der Waals surface area contributed by atoms with Gasteiger partial charge in [0.05, 0.1) is 6.20 Å². The molecule has 78 valence electrons. The first-order valence-electron chi connectivity index (χ1n) is 5.11. The Hall–Kier alpha value is -2.16. The number of fused-ring (bicyclic) bond motifs is 1. The van der Waals surface area contributed by atoms with Gasteiger partial charge in [-0.1, -0.05) is 18.2 Å². The summed E-state index contributed by atoms with van der Waals surface area (Å²) in [4.78, 5) is 8.43. The highest BCUT2D eigenvalue weighted by atomic mass is 16.3. The zero-order chi connectivity index (χ0) is 11.0. The molecule has 0 saturated carbocycles. The Morgan fingerprint density at radius 1 is 1.12 bits per heavy atom. The van der Waals surface area contributed by atoms with E-state index in [0.29, 0.717) is 5.89 Å². The lowest BCUT2D eigenvalue weighted by molar-refractivity contribution is 0.619. The van der Waals surface area contributed by atoms with E-state index >= 15 is 0 Å². The fraction of sp³-hybridized carbons (Fsp3) is 0.0769. The van der Waals surface area contributed by atoms with Gasteiger partial charge < -0.3 is 4.42 Å². The highest BCUT2D eigenvalue weighted by Crippen LogP contribution is 2.25. The molecule has 0 bridgehead atoms. The standard InChI is InChI=1S/C13H10N2O/c1-9-4-2-3-5-10(9)13-15-11-8-14-7-6-12(11)16-13/h2-8H,1H3. The maximum atomic E-state index is 5.68. The molecule has 16 heavy (non-hydrogen) atoms. The predicted octanol–water partition coefficient (Wildman–Crippen LogP) is 3.20. The van der Waals surface area contributed by atoms with Gasteiger partial charge in [0.2, 0.25) is 5.89 Å². The van der Waals surface area contributed by atoms with E-state index in [1.165, 1.54) is 0 Å². The number of pyridine rings is 1. The third-order valence-corrected chi connectivity index (χ3v) is 2.57. The molecule has 0 atom stereocenters. The van der Waals surface area contributed by atoms with Crippen LogP contribution in [0.25, 0.3) is 22.6 Å². The van der Waals surface area contributed by atoms with Crippen molar-refractivity contribution in [2.75, 3.05) is 0 Å². The average Bonchev–Trinajstić information content (AvgIpc) is 2.73. The first-order chi connectivity index (χ1) is 7.84.